The lowest BCUT2D eigenvalue weighted by Gasteiger charge is -2.15. The predicted octanol–water partition coefficient (Wildman–Crippen LogP) is -0.743. The number of amides is 3. The number of primary amides is 1. The summed E-state index contributed by atoms with van der Waals surface area (Å²) in [5.74, 6) is -1.32. The van der Waals surface area contributed by atoms with Gasteiger partial charge in [0.2, 0.25) is 17.7 Å². The fourth-order valence-corrected chi connectivity index (χ4v) is 1.34. The second-order valence-electron chi connectivity index (χ2n) is 3.81. The lowest BCUT2D eigenvalue weighted by molar-refractivity contribution is -0.143. The third kappa shape index (κ3) is 1.68. The summed E-state index contributed by atoms with van der Waals surface area (Å²) in [5.41, 5.74) is 4.21. The molecule has 2 N–H and O–H groups in total. The van der Waals surface area contributed by atoms with Gasteiger partial charge in [0, 0.05) is 6.42 Å². The summed E-state index contributed by atoms with van der Waals surface area (Å²) in [6.45, 7) is 3.05. The zero-order valence-corrected chi connectivity index (χ0v) is 7.66. The van der Waals surface area contributed by atoms with Gasteiger partial charge in [-0.3, -0.25) is 19.3 Å². The van der Waals surface area contributed by atoms with Gasteiger partial charge < -0.3 is 5.73 Å². The highest BCUT2D eigenvalue weighted by Gasteiger charge is 2.44. The number of hydrogen-bond donors (Lipinski definition) is 1. The van der Waals surface area contributed by atoms with Gasteiger partial charge in [-0.05, 0) is 0 Å². The molecule has 0 saturated carbocycles. The van der Waals surface area contributed by atoms with Gasteiger partial charge in [-0.25, -0.2) is 0 Å². The standard InChI is InChI=1S/C8H12N2O3/c1-8(2)3-6(12)10(7(8)13)4-5(9)11/h3-4H2,1-2H3,(H2,9,11). The van der Waals surface area contributed by atoms with Gasteiger partial charge in [-0.1, -0.05) is 13.8 Å². The van der Waals surface area contributed by atoms with Crippen LogP contribution in [0.25, 0.3) is 0 Å². The molecule has 0 aromatic rings. The van der Waals surface area contributed by atoms with Crippen molar-refractivity contribution in [3.8, 4) is 0 Å². The molecule has 1 rings (SSSR count). The Morgan fingerprint density at radius 2 is 2.08 bits per heavy atom. The second-order valence-corrected chi connectivity index (χ2v) is 3.81. The van der Waals surface area contributed by atoms with Crippen LogP contribution in [0.4, 0.5) is 0 Å². The van der Waals surface area contributed by atoms with E-state index in [1.165, 1.54) is 0 Å². The number of nitrogens with two attached hydrogens (primary N) is 1. The molecule has 0 atom stereocenters. The van der Waals surface area contributed by atoms with Crippen molar-refractivity contribution in [1.82, 2.24) is 4.90 Å². The van der Waals surface area contributed by atoms with E-state index in [0.29, 0.717) is 0 Å². The molecule has 1 aliphatic heterocycles. The molecular weight excluding hydrogens is 172 g/mol. The fourth-order valence-electron chi connectivity index (χ4n) is 1.34. The van der Waals surface area contributed by atoms with Gasteiger partial charge in [0.25, 0.3) is 0 Å². The van der Waals surface area contributed by atoms with Gasteiger partial charge in [-0.15, -0.1) is 0 Å². The van der Waals surface area contributed by atoms with Crippen LogP contribution in [0.5, 0.6) is 0 Å². The van der Waals surface area contributed by atoms with Crippen LogP contribution in [0.1, 0.15) is 20.3 Å². The average Bonchev–Trinajstić information content (AvgIpc) is 2.12. The quantitative estimate of drug-likeness (QED) is 0.574. The van der Waals surface area contributed by atoms with E-state index in [4.69, 9.17) is 5.73 Å². The van der Waals surface area contributed by atoms with Crippen LogP contribution < -0.4 is 5.73 Å². The number of imide groups is 1. The Balaban J connectivity index is 2.83. The smallest absolute Gasteiger partial charge is 0.237 e. The zero-order chi connectivity index (χ0) is 10.2. The Kier molecular flexibility index (Phi) is 2.11. The molecule has 1 aliphatic rings. The predicted molar refractivity (Wildman–Crippen MR) is 44.3 cm³/mol. The van der Waals surface area contributed by atoms with Crippen molar-refractivity contribution in [2.75, 3.05) is 6.54 Å². The summed E-state index contributed by atoms with van der Waals surface area (Å²) in [5, 5.41) is 0. The van der Waals surface area contributed by atoms with Gasteiger partial charge in [0.15, 0.2) is 0 Å². The number of nitrogens with zero attached hydrogens (tertiary/aromatic N) is 1. The molecule has 3 amide bonds. The molecule has 5 heteroatoms. The molecule has 0 aromatic carbocycles. The van der Waals surface area contributed by atoms with Crippen molar-refractivity contribution in [3.63, 3.8) is 0 Å². The van der Waals surface area contributed by atoms with E-state index in [2.05, 4.69) is 0 Å². The van der Waals surface area contributed by atoms with E-state index < -0.39 is 11.3 Å². The molecule has 0 bridgehead atoms. The third-order valence-corrected chi connectivity index (χ3v) is 2.03. The molecule has 5 nitrogen and oxygen atoms in total. The zero-order valence-electron chi connectivity index (χ0n) is 7.66. The van der Waals surface area contributed by atoms with Crippen LogP contribution in [0.3, 0.4) is 0 Å². The molecule has 0 aromatic heterocycles. The second kappa shape index (κ2) is 2.83. The largest absolute Gasteiger partial charge is 0.368 e. The highest BCUT2D eigenvalue weighted by atomic mass is 16.2. The number of rotatable bonds is 2. The summed E-state index contributed by atoms with van der Waals surface area (Å²) in [6.07, 6.45) is 0.152. The monoisotopic (exact) mass is 184 g/mol. The SMILES string of the molecule is CC1(C)CC(=O)N(CC(N)=O)C1=O. The van der Waals surface area contributed by atoms with E-state index in [1.807, 2.05) is 0 Å². The van der Waals surface area contributed by atoms with Gasteiger partial charge in [0.1, 0.15) is 6.54 Å². The first-order valence-electron chi connectivity index (χ1n) is 3.98. The summed E-state index contributed by atoms with van der Waals surface area (Å²) in [6, 6.07) is 0. The Morgan fingerprint density at radius 1 is 1.54 bits per heavy atom. The molecule has 0 unspecified atom stereocenters. The summed E-state index contributed by atoms with van der Waals surface area (Å²) < 4.78 is 0. The first-order valence-corrected chi connectivity index (χ1v) is 3.98. The molecule has 1 saturated heterocycles. The summed E-state index contributed by atoms with van der Waals surface area (Å²) >= 11 is 0. The maximum atomic E-state index is 11.5. The minimum absolute atomic E-state index is 0.152. The van der Waals surface area contributed by atoms with Crippen molar-refractivity contribution < 1.29 is 14.4 Å². The lowest BCUT2D eigenvalue weighted by Crippen LogP contribution is -2.39. The normalized spacial score (nSPS) is 20.9. The minimum Gasteiger partial charge on any atom is -0.368 e. The summed E-state index contributed by atoms with van der Waals surface area (Å²) in [7, 11) is 0. The van der Waals surface area contributed by atoms with Crippen LogP contribution in [0, 0.1) is 5.41 Å². The molecule has 0 aliphatic carbocycles. The molecule has 0 radical (unpaired) electrons. The van der Waals surface area contributed by atoms with Crippen molar-refractivity contribution >= 4 is 17.7 Å². The Hall–Kier alpha value is -1.39. The molecule has 72 valence electrons. The van der Waals surface area contributed by atoms with E-state index in [1.54, 1.807) is 13.8 Å². The Bertz CT molecular complexity index is 283. The van der Waals surface area contributed by atoms with Crippen LogP contribution >= 0.6 is 0 Å². The maximum absolute atomic E-state index is 11.5. The van der Waals surface area contributed by atoms with Crippen molar-refractivity contribution in [3.05, 3.63) is 0 Å². The number of hydrogen-bond acceptors (Lipinski definition) is 3. The fraction of sp³-hybridized carbons (Fsp3) is 0.625. The molecular formula is C8H12N2O3. The first kappa shape index (κ1) is 9.70. The minimum atomic E-state index is -0.688. The van der Waals surface area contributed by atoms with E-state index in [-0.39, 0.29) is 24.8 Å². The van der Waals surface area contributed by atoms with E-state index in [0.717, 1.165) is 4.90 Å². The number of carbonyl (C=O) groups excluding carboxylic acids is 3. The van der Waals surface area contributed by atoms with Crippen LogP contribution in [-0.4, -0.2) is 29.2 Å². The average molecular weight is 184 g/mol. The molecule has 1 fully saturated rings. The van der Waals surface area contributed by atoms with Crippen molar-refractivity contribution in [2.24, 2.45) is 11.1 Å². The lowest BCUT2D eigenvalue weighted by atomic mass is 9.92. The summed E-state index contributed by atoms with van der Waals surface area (Å²) in [4.78, 5) is 34.2. The van der Waals surface area contributed by atoms with Crippen LogP contribution in [0.2, 0.25) is 0 Å². The molecule has 1 heterocycles. The Labute approximate surface area is 75.9 Å². The van der Waals surface area contributed by atoms with Crippen molar-refractivity contribution in [1.29, 1.82) is 0 Å². The van der Waals surface area contributed by atoms with Crippen LogP contribution in [-0.2, 0) is 14.4 Å². The van der Waals surface area contributed by atoms with E-state index in [9.17, 15) is 14.4 Å². The number of carbonyl (C=O) groups is 3. The van der Waals surface area contributed by atoms with E-state index >= 15 is 0 Å². The first-order chi connectivity index (χ1) is 5.84. The van der Waals surface area contributed by atoms with Gasteiger partial charge in [0.05, 0.1) is 5.41 Å². The van der Waals surface area contributed by atoms with Gasteiger partial charge in [-0.2, -0.15) is 0 Å². The molecule has 0 spiro atoms. The number of likely N-dealkylation sites (tertiary alicyclic amines) is 1. The maximum Gasteiger partial charge on any atom is 0.237 e. The topological polar surface area (TPSA) is 80.5 Å². The van der Waals surface area contributed by atoms with Gasteiger partial charge >= 0.3 is 0 Å². The highest BCUT2D eigenvalue weighted by Crippen LogP contribution is 2.31. The molecule has 13 heavy (non-hydrogen) atoms. The highest BCUT2D eigenvalue weighted by molar-refractivity contribution is 6.07. The Morgan fingerprint density at radius 3 is 2.38 bits per heavy atom. The van der Waals surface area contributed by atoms with Crippen LogP contribution in [0.15, 0.2) is 0 Å². The third-order valence-electron chi connectivity index (χ3n) is 2.03. The van der Waals surface area contributed by atoms with Crippen molar-refractivity contribution in [2.45, 2.75) is 20.3 Å².